The number of rotatable bonds is 3. The van der Waals surface area contributed by atoms with E-state index in [2.05, 4.69) is 0 Å². The van der Waals surface area contributed by atoms with Crippen LogP contribution < -0.4 is 5.73 Å². The molecule has 0 aliphatic carbocycles. The number of carbonyl (C=O) groups is 1. The van der Waals surface area contributed by atoms with Gasteiger partial charge in [0.25, 0.3) is 0 Å². The van der Waals surface area contributed by atoms with Crippen molar-refractivity contribution in [3.05, 3.63) is 34.6 Å². The Balaban J connectivity index is 3.12. The van der Waals surface area contributed by atoms with E-state index in [4.69, 9.17) is 22.1 Å². The summed E-state index contributed by atoms with van der Waals surface area (Å²) in [6.07, 6.45) is 1.25. The van der Waals surface area contributed by atoms with Crippen LogP contribution in [0.3, 0.4) is 0 Å². The van der Waals surface area contributed by atoms with Gasteiger partial charge in [-0.3, -0.25) is 0 Å². The highest BCUT2D eigenvalue weighted by molar-refractivity contribution is 6.30. The Morgan fingerprint density at radius 1 is 1.59 bits per heavy atom. The third-order valence-corrected chi connectivity index (χ3v) is 2.36. The van der Waals surface area contributed by atoms with Crippen LogP contribution in [0.2, 0.25) is 5.02 Å². The number of halogens is 2. The molecule has 1 aromatic rings. The van der Waals surface area contributed by atoms with Crippen LogP contribution in [0.25, 0.3) is 5.57 Å². The molecule has 0 saturated carbocycles. The van der Waals surface area contributed by atoms with Gasteiger partial charge >= 0.3 is 5.97 Å². The normalized spacial score (nSPS) is 11.4. The minimum absolute atomic E-state index is 0.0348. The van der Waals surface area contributed by atoms with E-state index in [0.29, 0.717) is 11.1 Å². The van der Waals surface area contributed by atoms with Gasteiger partial charge in [0.05, 0.1) is 12.3 Å². The summed E-state index contributed by atoms with van der Waals surface area (Å²) in [5.41, 5.74) is 6.43. The van der Waals surface area contributed by atoms with Crippen molar-refractivity contribution in [2.24, 2.45) is 0 Å². The van der Waals surface area contributed by atoms with E-state index < -0.39 is 11.8 Å². The second-order valence-corrected chi connectivity index (χ2v) is 3.86. The maximum absolute atomic E-state index is 13.3. The lowest BCUT2D eigenvalue weighted by Crippen LogP contribution is -2.02. The molecule has 0 saturated heterocycles. The molecule has 0 amide bonds. The van der Waals surface area contributed by atoms with Crippen molar-refractivity contribution < 1.29 is 13.9 Å². The van der Waals surface area contributed by atoms with Crippen LogP contribution in [0.4, 0.5) is 10.1 Å². The van der Waals surface area contributed by atoms with Crippen LogP contribution in [-0.2, 0) is 9.53 Å². The summed E-state index contributed by atoms with van der Waals surface area (Å²) in [7, 11) is 0. The number of esters is 1. The van der Waals surface area contributed by atoms with Crippen LogP contribution in [0, 0.1) is 5.82 Å². The Labute approximate surface area is 104 Å². The molecule has 0 fully saturated rings. The van der Waals surface area contributed by atoms with Crippen molar-refractivity contribution in [3.8, 4) is 0 Å². The molecular formula is C12H13ClFNO2. The fourth-order valence-corrected chi connectivity index (χ4v) is 1.55. The SMILES string of the molecule is CCOC(=O)/C=C(\C)c1cc(Cl)cc(F)c1N. The smallest absolute Gasteiger partial charge is 0.331 e. The van der Waals surface area contributed by atoms with Gasteiger partial charge in [-0.25, -0.2) is 9.18 Å². The molecule has 0 unspecified atom stereocenters. The molecule has 0 spiro atoms. The van der Waals surface area contributed by atoms with Gasteiger partial charge in [0.1, 0.15) is 5.82 Å². The molecule has 92 valence electrons. The monoisotopic (exact) mass is 257 g/mol. The maximum Gasteiger partial charge on any atom is 0.331 e. The highest BCUT2D eigenvalue weighted by Crippen LogP contribution is 2.27. The maximum atomic E-state index is 13.3. The summed E-state index contributed by atoms with van der Waals surface area (Å²) in [4.78, 5) is 11.2. The molecule has 17 heavy (non-hydrogen) atoms. The largest absolute Gasteiger partial charge is 0.463 e. The predicted octanol–water partition coefficient (Wildman–Crippen LogP) is 3.03. The average molecular weight is 258 g/mol. The number of ether oxygens (including phenoxy) is 1. The Bertz CT molecular complexity index is 472. The minimum Gasteiger partial charge on any atom is -0.463 e. The van der Waals surface area contributed by atoms with Crippen LogP contribution >= 0.6 is 11.6 Å². The fraction of sp³-hybridized carbons (Fsp3) is 0.250. The van der Waals surface area contributed by atoms with Crippen LogP contribution in [0.5, 0.6) is 0 Å². The number of anilines is 1. The molecule has 2 N–H and O–H groups in total. The van der Waals surface area contributed by atoms with E-state index in [0.717, 1.165) is 6.07 Å². The van der Waals surface area contributed by atoms with E-state index in [9.17, 15) is 9.18 Å². The third-order valence-electron chi connectivity index (χ3n) is 2.14. The van der Waals surface area contributed by atoms with Gasteiger partial charge in [-0.05, 0) is 31.6 Å². The highest BCUT2D eigenvalue weighted by atomic mass is 35.5. The first-order valence-corrected chi connectivity index (χ1v) is 5.43. The van der Waals surface area contributed by atoms with Crippen molar-refractivity contribution in [1.29, 1.82) is 0 Å². The van der Waals surface area contributed by atoms with Crippen molar-refractivity contribution >= 4 is 28.8 Å². The van der Waals surface area contributed by atoms with Crippen molar-refractivity contribution in [1.82, 2.24) is 0 Å². The summed E-state index contributed by atoms with van der Waals surface area (Å²) in [6, 6.07) is 2.63. The zero-order valence-corrected chi connectivity index (χ0v) is 10.3. The zero-order chi connectivity index (χ0) is 13.0. The summed E-state index contributed by atoms with van der Waals surface area (Å²) < 4.78 is 18.1. The molecule has 0 aliphatic heterocycles. The Morgan fingerprint density at radius 3 is 2.82 bits per heavy atom. The van der Waals surface area contributed by atoms with E-state index in [1.54, 1.807) is 13.8 Å². The van der Waals surface area contributed by atoms with Crippen LogP contribution in [-0.4, -0.2) is 12.6 Å². The fourth-order valence-electron chi connectivity index (χ4n) is 1.35. The van der Waals surface area contributed by atoms with E-state index in [1.807, 2.05) is 0 Å². The van der Waals surface area contributed by atoms with Crippen LogP contribution in [0.1, 0.15) is 19.4 Å². The Hall–Kier alpha value is -1.55. The first-order valence-electron chi connectivity index (χ1n) is 5.05. The summed E-state index contributed by atoms with van der Waals surface area (Å²) in [6.45, 7) is 3.62. The van der Waals surface area contributed by atoms with Gasteiger partial charge in [-0.2, -0.15) is 0 Å². The molecule has 0 aromatic heterocycles. The Kier molecular flexibility index (Phi) is 4.52. The number of hydrogen-bond donors (Lipinski definition) is 1. The molecule has 1 aromatic carbocycles. The van der Waals surface area contributed by atoms with Crippen molar-refractivity contribution in [2.45, 2.75) is 13.8 Å². The lowest BCUT2D eigenvalue weighted by Gasteiger charge is -2.08. The van der Waals surface area contributed by atoms with Gasteiger partial charge in [-0.1, -0.05) is 11.6 Å². The van der Waals surface area contributed by atoms with Gasteiger partial charge < -0.3 is 10.5 Å². The Morgan fingerprint density at radius 2 is 2.24 bits per heavy atom. The lowest BCUT2D eigenvalue weighted by molar-refractivity contribution is -0.137. The van der Waals surface area contributed by atoms with E-state index in [1.165, 1.54) is 12.1 Å². The van der Waals surface area contributed by atoms with Gasteiger partial charge in [-0.15, -0.1) is 0 Å². The molecule has 0 bridgehead atoms. The van der Waals surface area contributed by atoms with E-state index in [-0.39, 0.29) is 17.3 Å². The summed E-state index contributed by atoms with van der Waals surface area (Å²) >= 11 is 5.72. The number of hydrogen-bond acceptors (Lipinski definition) is 3. The molecule has 0 heterocycles. The zero-order valence-electron chi connectivity index (χ0n) is 9.59. The van der Waals surface area contributed by atoms with Gasteiger partial charge in [0.15, 0.2) is 0 Å². The predicted molar refractivity (Wildman–Crippen MR) is 66.1 cm³/mol. The molecule has 5 heteroatoms. The number of carbonyl (C=O) groups excluding carboxylic acids is 1. The molecule has 0 aliphatic rings. The molecular weight excluding hydrogens is 245 g/mol. The van der Waals surface area contributed by atoms with Gasteiger partial charge in [0.2, 0.25) is 0 Å². The first-order chi connectivity index (χ1) is 7.95. The third kappa shape index (κ3) is 3.46. The summed E-state index contributed by atoms with van der Waals surface area (Å²) in [5.74, 6) is -1.10. The lowest BCUT2D eigenvalue weighted by atomic mass is 10.0. The second kappa shape index (κ2) is 5.68. The molecule has 0 atom stereocenters. The van der Waals surface area contributed by atoms with Gasteiger partial charge in [0, 0.05) is 16.7 Å². The number of nitrogens with two attached hydrogens (primary N) is 1. The number of benzene rings is 1. The van der Waals surface area contributed by atoms with Crippen molar-refractivity contribution in [3.63, 3.8) is 0 Å². The standard InChI is InChI=1S/C12H13ClFNO2/c1-3-17-11(16)4-7(2)9-5-8(13)6-10(14)12(9)15/h4-6H,3,15H2,1-2H3/b7-4+. The average Bonchev–Trinajstić information content (AvgIpc) is 2.23. The highest BCUT2D eigenvalue weighted by Gasteiger charge is 2.10. The number of nitrogen functional groups attached to an aromatic ring is 1. The first kappa shape index (κ1) is 13.5. The topological polar surface area (TPSA) is 52.3 Å². The number of allylic oxidation sites excluding steroid dienone is 1. The van der Waals surface area contributed by atoms with Crippen LogP contribution in [0.15, 0.2) is 18.2 Å². The minimum atomic E-state index is -0.607. The molecule has 0 radical (unpaired) electrons. The molecule has 3 nitrogen and oxygen atoms in total. The van der Waals surface area contributed by atoms with E-state index >= 15 is 0 Å². The quantitative estimate of drug-likeness (QED) is 0.514. The van der Waals surface area contributed by atoms with Crippen molar-refractivity contribution in [2.75, 3.05) is 12.3 Å². The summed E-state index contributed by atoms with van der Waals surface area (Å²) in [5, 5.41) is 0.225. The second-order valence-electron chi connectivity index (χ2n) is 3.43. The molecule has 1 rings (SSSR count).